The van der Waals surface area contributed by atoms with E-state index in [1.54, 1.807) is 25.1 Å². The lowest BCUT2D eigenvalue weighted by molar-refractivity contribution is -0.119. The molecule has 0 radical (unpaired) electrons. The van der Waals surface area contributed by atoms with Crippen LogP contribution >= 0.6 is 27.5 Å². The first-order chi connectivity index (χ1) is 14.7. The Balaban J connectivity index is 1.68. The molecule has 2 aromatic carbocycles. The topological polar surface area (TPSA) is 92.8 Å². The maximum Gasteiger partial charge on any atom is 0.340 e. The molecule has 1 aliphatic heterocycles. The fourth-order valence-electron chi connectivity index (χ4n) is 3.20. The minimum atomic E-state index is -3.63. The van der Waals surface area contributed by atoms with Crippen molar-refractivity contribution in [1.82, 2.24) is 4.31 Å². The first-order valence-corrected chi connectivity index (χ1v) is 12.3. The van der Waals surface area contributed by atoms with Gasteiger partial charge in [0.25, 0.3) is 5.91 Å². The van der Waals surface area contributed by atoms with Gasteiger partial charge in [-0.2, -0.15) is 4.31 Å². The fraction of sp³-hybridized carbons (Fsp3) is 0.333. The van der Waals surface area contributed by atoms with Crippen molar-refractivity contribution < 1.29 is 22.7 Å². The van der Waals surface area contributed by atoms with Gasteiger partial charge < -0.3 is 10.1 Å². The van der Waals surface area contributed by atoms with Crippen LogP contribution in [0.25, 0.3) is 0 Å². The van der Waals surface area contributed by atoms with E-state index in [0.29, 0.717) is 28.8 Å². The van der Waals surface area contributed by atoms with Crippen LogP contribution in [-0.2, 0) is 19.6 Å². The average Bonchev–Trinajstić information content (AvgIpc) is 2.75. The van der Waals surface area contributed by atoms with E-state index in [2.05, 4.69) is 21.2 Å². The van der Waals surface area contributed by atoms with Crippen molar-refractivity contribution >= 4 is 55.1 Å². The van der Waals surface area contributed by atoms with E-state index in [1.807, 2.05) is 0 Å². The number of rotatable bonds is 6. The van der Waals surface area contributed by atoms with Gasteiger partial charge in [-0.05, 0) is 55.7 Å². The minimum Gasteiger partial charge on any atom is -0.452 e. The normalized spacial score (nSPS) is 14.8. The molecule has 10 heteroatoms. The number of nitrogens with zero attached hydrogens (tertiary/aromatic N) is 1. The number of halogens is 2. The Morgan fingerprint density at radius 2 is 1.84 bits per heavy atom. The summed E-state index contributed by atoms with van der Waals surface area (Å²) in [6.07, 6.45) is 2.69. The Labute approximate surface area is 194 Å². The predicted octanol–water partition coefficient (Wildman–Crippen LogP) is 4.38. The van der Waals surface area contributed by atoms with E-state index in [4.69, 9.17) is 16.3 Å². The Morgan fingerprint density at radius 3 is 2.55 bits per heavy atom. The van der Waals surface area contributed by atoms with E-state index in [0.717, 1.165) is 19.3 Å². The number of piperidine rings is 1. The molecule has 1 N–H and O–H groups in total. The maximum atomic E-state index is 12.9. The molecule has 31 heavy (non-hydrogen) atoms. The number of sulfonamides is 1. The Morgan fingerprint density at radius 1 is 1.13 bits per heavy atom. The number of benzene rings is 2. The lowest BCUT2D eigenvalue weighted by atomic mass is 10.2. The summed E-state index contributed by atoms with van der Waals surface area (Å²) < 4.78 is 33.0. The van der Waals surface area contributed by atoms with Gasteiger partial charge in [0.1, 0.15) is 0 Å². The lowest BCUT2D eigenvalue weighted by Gasteiger charge is -2.26. The van der Waals surface area contributed by atoms with Gasteiger partial charge in [-0.15, -0.1) is 0 Å². The molecule has 0 saturated carbocycles. The molecule has 0 bridgehead atoms. The summed E-state index contributed by atoms with van der Waals surface area (Å²) in [4.78, 5) is 24.7. The summed E-state index contributed by atoms with van der Waals surface area (Å²) in [6, 6.07) is 9.33. The molecule has 7 nitrogen and oxygen atoms in total. The van der Waals surface area contributed by atoms with E-state index in [-0.39, 0.29) is 15.5 Å². The second kappa shape index (κ2) is 10.1. The lowest BCUT2D eigenvalue weighted by Crippen LogP contribution is -2.35. The maximum absolute atomic E-state index is 12.9. The Bertz CT molecular complexity index is 1100. The van der Waals surface area contributed by atoms with Crippen molar-refractivity contribution in [2.24, 2.45) is 0 Å². The van der Waals surface area contributed by atoms with Crippen molar-refractivity contribution in [3.8, 4) is 0 Å². The summed E-state index contributed by atoms with van der Waals surface area (Å²) in [7, 11) is -3.63. The molecule has 0 aliphatic carbocycles. The zero-order valence-corrected chi connectivity index (χ0v) is 20.0. The van der Waals surface area contributed by atoms with Crippen molar-refractivity contribution in [3.05, 3.63) is 57.0 Å². The van der Waals surface area contributed by atoms with Crippen molar-refractivity contribution in [3.63, 3.8) is 0 Å². The third kappa shape index (κ3) is 5.85. The SMILES string of the molecule is Cc1ccc(S(=O)(=O)N2CCCCC2)cc1NC(=O)COC(=O)c1cc(Br)ccc1Cl. The van der Waals surface area contributed by atoms with Crippen LogP contribution in [0, 0.1) is 6.92 Å². The van der Waals surface area contributed by atoms with Gasteiger partial charge in [-0.1, -0.05) is 40.0 Å². The van der Waals surface area contributed by atoms with Crippen LogP contribution in [-0.4, -0.2) is 44.3 Å². The molecule has 1 amide bonds. The van der Waals surface area contributed by atoms with Crippen LogP contribution in [0.2, 0.25) is 5.02 Å². The highest BCUT2D eigenvalue weighted by Gasteiger charge is 2.26. The Kier molecular flexibility index (Phi) is 7.74. The molecule has 0 unspecified atom stereocenters. The number of nitrogens with one attached hydrogen (secondary N) is 1. The van der Waals surface area contributed by atoms with Crippen LogP contribution in [0.1, 0.15) is 35.2 Å². The molecule has 0 atom stereocenters. The number of hydrogen-bond donors (Lipinski definition) is 1. The number of esters is 1. The number of anilines is 1. The quantitative estimate of drug-likeness (QED) is 0.561. The van der Waals surface area contributed by atoms with E-state index >= 15 is 0 Å². The molecule has 1 heterocycles. The van der Waals surface area contributed by atoms with Gasteiger partial charge in [-0.3, -0.25) is 4.79 Å². The van der Waals surface area contributed by atoms with Gasteiger partial charge in [-0.25, -0.2) is 13.2 Å². The van der Waals surface area contributed by atoms with Crippen molar-refractivity contribution in [2.45, 2.75) is 31.1 Å². The predicted molar refractivity (Wildman–Crippen MR) is 122 cm³/mol. The molecule has 1 aliphatic rings. The van der Waals surface area contributed by atoms with Gasteiger partial charge in [0.2, 0.25) is 10.0 Å². The van der Waals surface area contributed by atoms with Gasteiger partial charge in [0.15, 0.2) is 6.61 Å². The van der Waals surface area contributed by atoms with Crippen LogP contribution in [0.15, 0.2) is 45.8 Å². The molecule has 3 rings (SSSR count). The summed E-state index contributed by atoms with van der Waals surface area (Å²) in [6.45, 7) is 2.20. The minimum absolute atomic E-state index is 0.119. The first-order valence-electron chi connectivity index (χ1n) is 9.71. The summed E-state index contributed by atoms with van der Waals surface area (Å²) in [5.74, 6) is -1.32. The van der Waals surface area contributed by atoms with E-state index in [9.17, 15) is 18.0 Å². The number of carbonyl (C=O) groups is 2. The molecule has 0 spiro atoms. The van der Waals surface area contributed by atoms with Gasteiger partial charge >= 0.3 is 5.97 Å². The molecule has 1 saturated heterocycles. The van der Waals surface area contributed by atoms with Gasteiger partial charge in [0, 0.05) is 23.2 Å². The number of amides is 1. The Hall–Kier alpha value is -1.94. The average molecular weight is 530 g/mol. The highest BCUT2D eigenvalue weighted by Crippen LogP contribution is 2.25. The number of aryl methyl sites for hydroxylation is 1. The second-order valence-electron chi connectivity index (χ2n) is 7.19. The smallest absolute Gasteiger partial charge is 0.340 e. The van der Waals surface area contributed by atoms with E-state index in [1.165, 1.54) is 22.5 Å². The zero-order chi connectivity index (χ0) is 22.6. The highest BCUT2D eigenvalue weighted by atomic mass is 79.9. The third-order valence-corrected chi connectivity index (χ3v) is 7.64. The van der Waals surface area contributed by atoms with Crippen LogP contribution in [0.3, 0.4) is 0 Å². The first kappa shape index (κ1) is 23.7. The van der Waals surface area contributed by atoms with Crippen LogP contribution in [0.4, 0.5) is 5.69 Å². The van der Waals surface area contributed by atoms with Gasteiger partial charge in [0.05, 0.1) is 15.5 Å². The summed E-state index contributed by atoms with van der Waals surface area (Å²) in [5.41, 5.74) is 1.17. The highest BCUT2D eigenvalue weighted by molar-refractivity contribution is 9.10. The fourth-order valence-corrected chi connectivity index (χ4v) is 5.30. The number of ether oxygens (including phenoxy) is 1. The standard InChI is InChI=1S/C21H22BrClN2O5S/c1-14-5-7-16(31(28,29)25-9-3-2-4-10-25)12-19(14)24-20(26)13-30-21(27)17-11-15(22)6-8-18(17)23/h5-8,11-12H,2-4,9-10,13H2,1H3,(H,24,26). The molecular weight excluding hydrogens is 508 g/mol. The molecule has 2 aromatic rings. The zero-order valence-electron chi connectivity index (χ0n) is 16.9. The van der Waals surface area contributed by atoms with Crippen molar-refractivity contribution in [2.75, 3.05) is 25.0 Å². The van der Waals surface area contributed by atoms with Crippen LogP contribution in [0.5, 0.6) is 0 Å². The third-order valence-electron chi connectivity index (χ3n) is 4.92. The van der Waals surface area contributed by atoms with Crippen molar-refractivity contribution in [1.29, 1.82) is 0 Å². The second-order valence-corrected chi connectivity index (χ2v) is 10.5. The molecule has 1 fully saturated rings. The van der Waals surface area contributed by atoms with Crippen LogP contribution < -0.4 is 5.32 Å². The monoisotopic (exact) mass is 528 g/mol. The largest absolute Gasteiger partial charge is 0.452 e. The summed E-state index contributed by atoms with van der Waals surface area (Å²) in [5, 5.41) is 2.83. The van der Waals surface area contributed by atoms with E-state index < -0.39 is 28.5 Å². The number of hydrogen-bond acceptors (Lipinski definition) is 5. The number of carbonyl (C=O) groups excluding carboxylic acids is 2. The summed E-state index contributed by atoms with van der Waals surface area (Å²) >= 11 is 9.25. The molecule has 166 valence electrons. The molecule has 0 aromatic heterocycles. The molecular formula is C21H22BrClN2O5S.